The van der Waals surface area contributed by atoms with Crippen molar-refractivity contribution in [3.63, 3.8) is 0 Å². The summed E-state index contributed by atoms with van der Waals surface area (Å²) in [5.41, 5.74) is 1.04. The van der Waals surface area contributed by atoms with Gasteiger partial charge in [-0.1, -0.05) is 12.1 Å². The van der Waals surface area contributed by atoms with Gasteiger partial charge < -0.3 is 14.5 Å². The predicted molar refractivity (Wildman–Crippen MR) is 115 cm³/mol. The molecule has 12 heteroatoms. The third kappa shape index (κ3) is 4.03. The molecule has 162 valence electrons. The summed E-state index contributed by atoms with van der Waals surface area (Å²) in [5.74, 6) is -0.744. The first-order chi connectivity index (χ1) is 15.4. The molecule has 4 rings (SSSR count). The van der Waals surface area contributed by atoms with E-state index in [0.29, 0.717) is 22.6 Å². The maximum absolute atomic E-state index is 12.9. The fraction of sp³-hybridized carbons (Fsp3) is 0.100. The summed E-state index contributed by atoms with van der Waals surface area (Å²) < 4.78 is 15.1. The number of aromatic nitrogens is 2. The van der Waals surface area contributed by atoms with E-state index in [9.17, 15) is 14.4 Å². The van der Waals surface area contributed by atoms with E-state index in [1.165, 1.54) is 20.1 Å². The van der Waals surface area contributed by atoms with Crippen LogP contribution in [0.3, 0.4) is 0 Å². The Morgan fingerprint density at radius 2 is 2.06 bits per heavy atom. The van der Waals surface area contributed by atoms with Gasteiger partial charge in [0.05, 0.1) is 17.6 Å². The molecule has 3 aromatic rings. The van der Waals surface area contributed by atoms with Crippen molar-refractivity contribution in [2.45, 2.75) is 6.92 Å². The molecular formula is C20H15N5O6S. The van der Waals surface area contributed by atoms with Gasteiger partial charge in [-0.15, -0.1) is 0 Å². The van der Waals surface area contributed by atoms with Gasteiger partial charge in [-0.25, -0.2) is 14.3 Å². The Morgan fingerprint density at radius 1 is 1.25 bits per heavy atom. The van der Waals surface area contributed by atoms with Crippen LogP contribution in [0.25, 0.3) is 17.4 Å². The number of methoxy groups -OCH3 is 1. The minimum Gasteiger partial charge on any atom is -0.465 e. The Bertz CT molecular complexity index is 1280. The second kappa shape index (κ2) is 8.51. The number of carbonyl (C=O) groups is 3. The van der Waals surface area contributed by atoms with Crippen LogP contribution in [0, 0.1) is 5.41 Å². The summed E-state index contributed by atoms with van der Waals surface area (Å²) in [4.78, 5) is 37.1. The van der Waals surface area contributed by atoms with Gasteiger partial charge in [-0.3, -0.25) is 15.0 Å². The molecule has 3 heterocycles. The van der Waals surface area contributed by atoms with E-state index in [1.807, 2.05) is 0 Å². The Morgan fingerprint density at radius 3 is 2.81 bits per heavy atom. The van der Waals surface area contributed by atoms with Gasteiger partial charge in [0, 0.05) is 18.6 Å². The molecule has 0 spiro atoms. The lowest BCUT2D eigenvalue weighted by Gasteiger charge is -2.10. The predicted octanol–water partition coefficient (Wildman–Crippen LogP) is 3.13. The fourth-order valence-electron chi connectivity index (χ4n) is 2.89. The van der Waals surface area contributed by atoms with Gasteiger partial charge in [-0.2, -0.15) is 0 Å². The van der Waals surface area contributed by atoms with Gasteiger partial charge >= 0.3 is 5.97 Å². The number of nitrogens with zero attached hydrogens (tertiary/aromatic N) is 3. The summed E-state index contributed by atoms with van der Waals surface area (Å²) in [7, 11) is 1.30. The highest BCUT2D eigenvalue weighted by Crippen LogP contribution is 2.37. The third-order valence-corrected chi connectivity index (χ3v) is 5.16. The van der Waals surface area contributed by atoms with Gasteiger partial charge in [0.2, 0.25) is 17.5 Å². The van der Waals surface area contributed by atoms with Crippen molar-refractivity contribution in [2.75, 3.05) is 17.3 Å². The number of amidine groups is 1. The van der Waals surface area contributed by atoms with E-state index in [-0.39, 0.29) is 21.7 Å². The summed E-state index contributed by atoms with van der Waals surface area (Å²) in [5, 5.41) is 17.6. The quantitative estimate of drug-likeness (QED) is 0.438. The number of hydrogen-bond acceptors (Lipinski definition) is 10. The van der Waals surface area contributed by atoms with E-state index in [2.05, 4.69) is 20.3 Å². The van der Waals surface area contributed by atoms with Crippen LogP contribution in [-0.4, -0.2) is 40.4 Å². The Balaban J connectivity index is 1.59. The lowest BCUT2D eigenvalue weighted by Crippen LogP contribution is -2.29. The number of ether oxygens (including phenoxy) is 1. The number of hydrogen-bond donors (Lipinski definition) is 2. The largest absolute Gasteiger partial charge is 0.465 e. The van der Waals surface area contributed by atoms with Crippen LogP contribution in [0.5, 0.6) is 0 Å². The van der Waals surface area contributed by atoms with Gasteiger partial charge in [0.1, 0.15) is 11.5 Å². The van der Waals surface area contributed by atoms with Crippen molar-refractivity contribution >= 4 is 52.4 Å². The van der Waals surface area contributed by atoms with E-state index in [1.54, 1.807) is 36.4 Å². The number of anilines is 2. The van der Waals surface area contributed by atoms with Crippen LogP contribution in [0.2, 0.25) is 0 Å². The monoisotopic (exact) mass is 453 g/mol. The van der Waals surface area contributed by atoms with Crippen LogP contribution in [0.4, 0.5) is 11.6 Å². The number of carbonyl (C=O) groups excluding carboxylic acids is 3. The molecule has 1 aliphatic rings. The Kier molecular flexibility index (Phi) is 5.60. The maximum atomic E-state index is 12.9. The highest BCUT2D eigenvalue weighted by atomic mass is 32.2. The molecule has 0 atom stereocenters. The summed E-state index contributed by atoms with van der Waals surface area (Å²) in [6.07, 6.45) is 1.49. The normalized spacial score (nSPS) is 14.8. The SMILES string of the molecule is COC(=O)c1cccc(-c2ccc(/C=C3\SC(=N)N(c4nonc4NC(C)=O)C3=O)o2)c1. The first-order valence-corrected chi connectivity index (χ1v) is 9.90. The molecular weight excluding hydrogens is 438 g/mol. The third-order valence-electron chi connectivity index (χ3n) is 4.27. The van der Waals surface area contributed by atoms with Crippen LogP contribution >= 0.6 is 11.8 Å². The number of esters is 1. The minimum atomic E-state index is -0.548. The topological polar surface area (TPSA) is 152 Å². The second-order valence-corrected chi connectivity index (χ2v) is 7.48. The van der Waals surface area contributed by atoms with Crippen molar-refractivity contribution in [1.29, 1.82) is 5.41 Å². The highest BCUT2D eigenvalue weighted by molar-refractivity contribution is 8.19. The Hall–Kier alpha value is -4.19. The molecule has 1 aromatic carbocycles. The lowest BCUT2D eigenvalue weighted by atomic mass is 10.1. The highest BCUT2D eigenvalue weighted by Gasteiger charge is 2.38. The van der Waals surface area contributed by atoms with Crippen molar-refractivity contribution in [2.24, 2.45) is 0 Å². The number of nitrogens with one attached hydrogen (secondary N) is 2. The van der Waals surface area contributed by atoms with E-state index in [4.69, 9.17) is 14.6 Å². The van der Waals surface area contributed by atoms with Crippen molar-refractivity contribution in [3.8, 4) is 11.3 Å². The van der Waals surface area contributed by atoms with Crippen molar-refractivity contribution < 1.29 is 28.2 Å². The van der Waals surface area contributed by atoms with Crippen molar-refractivity contribution in [1.82, 2.24) is 10.3 Å². The summed E-state index contributed by atoms with van der Waals surface area (Å²) >= 11 is 0.894. The molecule has 1 saturated heterocycles. The van der Waals surface area contributed by atoms with Gasteiger partial charge in [-0.05, 0) is 46.3 Å². The van der Waals surface area contributed by atoms with Crippen LogP contribution < -0.4 is 10.2 Å². The molecule has 2 aromatic heterocycles. The van der Waals surface area contributed by atoms with Gasteiger partial charge in [0.25, 0.3) is 5.91 Å². The molecule has 2 N–H and O–H groups in total. The fourth-order valence-corrected chi connectivity index (χ4v) is 3.71. The zero-order chi connectivity index (χ0) is 22.8. The molecule has 0 radical (unpaired) electrons. The number of rotatable bonds is 5. The maximum Gasteiger partial charge on any atom is 0.337 e. The average molecular weight is 453 g/mol. The molecule has 2 amide bonds. The zero-order valence-corrected chi connectivity index (χ0v) is 17.6. The number of furan rings is 1. The van der Waals surface area contributed by atoms with E-state index < -0.39 is 17.8 Å². The zero-order valence-electron chi connectivity index (χ0n) is 16.7. The Labute approximate surface area is 184 Å². The molecule has 32 heavy (non-hydrogen) atoms. The first-order valence-electron chi connectivity index (χ1n) is 9.08. The van der Waals surface area contributed by atoms with E-state index >= 15 is 0 Å². The first kappa shape index (κ1) is 21.1. The average Bonchev–Trinajstić information content (AvgIpc) is 3.48. The summed E-state index contributed by atoms with van der Waals surface area (Å²) in [6.45, 7) is 1.27. The summed E-state index contributed by atoms with van der Waals surface area (Å²) in [6, 6.07) is 10.1. The van der Waals surface area contributed by atoms with E-state index in [0.717, 1.165) is 16.7 Å². The van der Waals surface area contributed by atoms with Crippen molar-refractivity contribution in [3.05, 3.63) is 52.6 Å². The number of thioether (sulfide) groups is 1. The molecule has 11 nitrogen and oxygen atoms in total. The molecule has 0 bridgehead atoms. The second-order valence-electron chi connectivity index (χ2n) is 6.45. The molecule has 1 aliphatic heterocycles. The smallest absolute Gasteiger partial charge is 0.337 e. The van der Waals surface area contributed by atoms with Crippen LogP contribution in [0.1, 0.15) is 23.0 Å². The van der Waals surface area contributed by atoms with Gasteiger partial charge in [0.15, 0.2) is 5.17 Å². The number of benzene rings is 1. The molecule has 1 fully saturated rings. The molecule has 0 saturated carbocycles. The minimum absolute atomic E-state index is 0.0665. The van der Waals surface area contributed by atoms with Crippen LogP contribution in [-0.2, 0) is 14.3 Å². The standard InChI is InChI=1S/C20H15N5O6S/c1-10(26)22-16-17(24-31-23-16)25-18(27)15(32-20(25)21)9-13-6-7-14(30-13)11-4-3-5-12(8-11)19(28)29-2/h3-9,21H,1-2H3,(H,22,23,26)/b15-9-,21-20?. The molecule has 0 unspecified atom stereocenters. The lowest BCUT2D eigenvalue weighted by molar-refractivity contribution is -0.114. The molecule has 0 aliphatic carbocycles. The van der Waals surface area contributed by atoms with Crippen LogP contribution in [0.15, 0.2) is 50.3 Å². The number of amides is 2.